The highest BCUT2D eigenvalue weighted by Crippen LogP contribution is 2.33. The van der Waals surface area contributed by atoms with Crippen molar-refractivity contribution >= 4 is 35.0 Å². The Balaban J connectivity index is 0.879. The molecule has 0 radical (unpaired) electrons. The average Bonchev–Trinajstić information content (AvgIpc) is 3.99. The quantitative estimate of drug-likeness (QED) is 0.0440. The lowest BCUT2D eigenvalue weighted by Gasteiger charge is -2.26. The molecule has 1 unspecified atom stereocenters. The van der Waals surface area contributed by atoms with Crippen LogP contribution in [0.1, 0.15) is 87.8 Å². The number of nitrogens with one attached hydrogen (secondary N) is 3. The number of rotatable bonds is 37. The van der Waals surface area contributed by atoms with Crippen LogP contribution in [0.2, 0.25) is 0 Å². The number of hydrogen-bond donors (Lipinski definition) is 3. The van der Waals surface area contributed by atoms with Crippen molar-refractivity contribution < 1.29 is 57.1 Å². The molecule has 3 aromatic carbocycles. The largest absolute Gasteiger partial charge is 0.382 e. The zero-order chi connectivity index (χ0) is 55.2. The molecule has 0 saturated carbocycles. The van der Waals surface area contributed by atoms with Gasteiger partial charge in [-0.25, -0.2) is 0 Å². The number of ether oxygens (including phenoxy) is 8. The van der Waals surface area contributed by atoms with Crippen LogP contribution in [0.15, 0.2) is 85.1 Å². The fourth-order valence-electron chi connectivity index (χ4n) is 9.41. The number of benzene rings is 3. The van der Waals surface area contributed by atoms with Gasteiger partial charge in [0.15, 0.2) is 0 Å². The maximum atomic E-state index is 14.0. The molecular weight excluding hydrogens is 999 g/mol. The maximum Gasteiger partial charge on any atom is 0.255 e. The molecule has 19 heteroatoms. The molecule has 1 aliphatic heterocycles. The summed E-state index contributed by atoms with van der Waals surface area (Å²) in [5, 5.41) is 9.33. The summed E-state index contributed by atoms with van der Waals surface area (Å²) in [5.74, 6) is -0.884. The van der Waals surface area contributed by atoms with E-state index in [0.29, 0.717) is 152 Å². The number of aryl methyl sites for hydroxylation is 1. The zero-order valence-corrected chi connectivity index (χ0v) is 46.3. The van der Waals surface area contributed by atoms with Gasteiger partial charge in [0.05, 0.1) is 123 Å². The summed E-state index contributed by atoms with van der Waals surface area (Å²) in [5.41, 5.74) is 6.24. The smallest absolute Gasteiger partial charge is 0.255 e. The van der Waals surface area contributed by atoms with Gasteiger partial charge in [0, 0.05) is 81.0 Å². The van der Waals surface area contributed by atoms with Gasteiger partial charge in [-0.15, -0.1) is 0 Å². The van der Waals surface area contributed by atoms with Crippen molar-refractivity contribution in [2.75, 3.05) is 163 Å². The van der Waals surface area contributed by atoms with E-state index in [-0.39, 0.29) is 29.8 Å². The summed E-state index contributed by atoms with van der Waals surface area (Å²) >= 11 is 0. The number of aromatic nitrogens is 1. The zero-order valence-electron chi connectivity index (χ0n) is 46.3. The topological polar surface area (TPSA) is 201 Å². The van der Waals surface area contributed by atoms with Crippen LogP contribution in [-0.2, 0) is 49.1 Å². The van der Waals surface area contributed by atoms with Crippen molar-refractivity contribution in [3.8, 4) is 11.3 Å². The van der Waals surface area contributed by atoms with Gasteiger partial charge in [0.25, 0.3) is 17.7 Å². The number of pyridine rings is 1. The van der Waals surface area contributed by atoms with Crippen molar-refractivity contribution in [2.45, 2.75) is 58.0 Å². The lowest BCUT2D eigenvalue weighted by Crippen LogP contribution is -2.46. The Morgan fingerprint density at radius 1 is 0.654 bits per heavy atom. The molecule has 1 aliphatic carbocycles. The molecule has 2 aliphatic rings. The Hall–Kier alpha value is -5.87. The van der Waals surface area contributed by atoms with Crippen LogP contribution in [0.5, 0.6) is 0 Å². The molecular formula is C59H83N7O12. The Morgan fingerprint density at radius 2 is 1.27 bits per heavy atom. The van der Waals surface area contributed by atoms with Gasteiger partial charge < -0.3 is 63.6 Å². The van der Waals surface area contributed by atoms with Crippen LogP contribution in [0.25, 0.3) is 11.3 Å². The number of likely N-dealkylation sites (N-methyl/N-ethyl adjacent to an activating group) is 1. The van der Waals surface area contributed by atoms with Gasteiger partial charge in [0.2, 0.25) is 5.91 Å². The highest BCUT2D eigenvalue weighted by molar-refractivity contribution is 6.08. The molecule has 4 amide bonds. The van der Waals surface area contributed by atoms with Gasteiger partial charge in [-0.1, -0.05) is 30.3 Å². The van der Waals surface area contributed by atoms with Gasteiger partial charge in [-0.3, -0.25) is 29.1 Å². The third kappa shape index (κ3) is 20.1. The SMILES string of the molecule is CCN(CC)c1ccc(NC(=O)c2cccc(C(=O)N(C)CCN3CCC[C@H]3C(=O)NCCOCCOCCOCCOCCOCCOCCOCCOC)c2)c(-c2cc(C(=O)NC3CCCc4ccccc43)ccn2)c1. The van der Waals surface area contributed by atoms with Crippen molar-refractivity contribution in [2.24, 2.45) is 0 Å². The van der Waals surface area contributed by atoms with Crippen molar-refractivity contribution in [3.05, 3.63) is 113 Å². The predicted molar refractivity (Wildman–Crippen MR) is 299 cm³/mol. The van der Waals surface area contributed by atoms with Crippen molar-refractivity contribution in [1.82, 2.24) is 25.4 Å². The summed E-state index contributed by atoms with van der Waals surface area (Å²) in [6, 6.07) is 23.9. The number of fused-ring (bicyclic) bond motifs is 1. The van der Waals surface area contributed by atoms with E-state index in [1.165, 1.54) is 5.56 Å². The van der Waals surface area contributed by atoms with E-state index in [2.05, 4.69) is 51.7 Å². The molecule has 2 heterocycles. The van der Waals surface area contributed by atoms with E-state index >= 15 is 0 Å². The van der Waals surface area contributed by atoms with Gasteiger partial charge in [-0.05, 0) is 112 Å². The number of carbonyl (C=O) groups is 4. The summed E-state index contributed by atoms with van der Waals surface area (Å²) < 4.78 is 43.5. The fraction of sp³-hybridized carbons (Fsp3) is 0.542. The van der Waals surface area contributed by atoms with Crippen molar-refractivity contribution in [3.63, 3.8) is 0 Å². The van der Waals surface area contributed by atoms with Crippen LogP contribution in [0.4, 0.5) is 11.4 Å². The molecule has 0 spiro atoms. The number of methoxy groups -OCH3 is 1. The number of likely N-dealkylation sites (tertiary alicyclic amines) is 1. The highest BCUT2D eigenvalue weighted by atomic mass is 16.6. The summed E-state index contributed by atoms with van der Waals surface area (Å²) in [4.78, 5) is 65.5. The van der Waals surface area contributed by atoms with Crippen molar-refractivity contribution in [1.29, 1.82) is 0 Å². The second-order valence-corrected chi connectivity index (χ2v) is 19.0. The van der Waals surface area contributed by atoms with Crippen LogP contribution < -0.4 is 20.9 Å². The van der Waals surface area contributed by atoms with E-state index in [1.54, 1.807) is 61.7 Å². The Kier molecular flexibility index (Phi) is 27.4. The Bertz CT molecular complexity index is 2440. The van der Waals surface area contributed by atoms with E-state index in [4.69, 9.17) is 42.9 Å². The lowest BCUT2D eigenvalue weighted by atomic mass is 9.87. The van der Waals surface area contributed by atoms with Gasteiger partial charge in [-0.2, -0.15) is 0 Å². The van der Waals surface area contributed by atoms with Crippen LogP contribution in [0, 0.1) is 0 Å². The number of nitrogens with zero attached hydrogens (tertiary/aromatic N) is 4. The first-order chi connectivity index (χ1) is 38.2. The fourth-order valence-corrected chi connectivity index (χ4v) is 9.41. The third-order valence-corrected chi connectivity index (χ3v) is 13.7. The molecule has 1 saturated heterocycles. The molecule has 78 heavy (non-hydrogen) atoms. The van der Waals surface area contributed by atoms with Gasteiger partial charge in [0.1, 0.15) is 0 Å². The summed E-state index contributed by atoms with van der Waals surface area (Å²) in [6.07, 6.45) is 6.10. The second-order valence-electron chi connectivity index (χ2n) is 19.0. The maximum absolute atomic E-state index is 14.0. The second kappa shape index (κ2) is 34.9. The molecule has 426 valence electrons. The molecule has 6 rings (SSSR count). The van der Waals surface area contributed by atoms with Crippen LogP contribution in [0.3, 0.4) is 0 Å². The molecule has 4 aromatic rings. The summed E-state index contributed by atoms with van der Waals surface area (Å²) in [6.45, 7) is 14.9. The molecule has 1 aromatic heterocycles. The van der Waals surface area contributed by atoms with Crippen LogP contribution in [-0.4, -0.2) is 197 Å². The van der Waals surface area contributed by atoms with E-state index in [9.17, 15) is 19.2 Å². The monoisotopic (exact) mass is 1080 g/mol. The highest BCUT2D eigenvalue weighted by Gasteiger charge is 2.31. The first-order valence-electron chi connectivity index (χ1n) is 27.7. The number of anilines is 2. The third-order valence-electron chi connectivity index (χ3n) is 13.7. The molecule has 0 bridgehead atoms. The first-order valence-corrected chi connectivity index (χ1v) is 27.7. The molecule has 1 fully saturated rings. The molecule has 3 N–H and O–H groups in total. The van der Waals surface area contributed by atoms with Gasteiger partial charge >= 0.3 is 0 Å². The first kappa shape index (κ1) is 61.3. The summed E-state index contributed by atoms with van der Waals surface area (Å²) in [7, 11) is 3.37. The normalized spacial score (nSPS) is 15.2. The van der Waals surface area contributed by atoms with E-state index in [0.717, 1.165) is 63.0 Å². The van der Waals surface area contributed by atoms with E-state index in [1.807, 2.05) is 30.3 Å². The molecule has 19 nitrogen and oxygen atoms in total. The number of hydrogen-bond acceptors (Lipinski definition) is 15. The number of amides is 4. The Morgan fingerprint density at radius 3 is 1.92 bits per heavy atom. The lowest BCUT2D eigenvalue weighted by molar-refractivity contribution is -0.125. The number of carbonyl (C=O) groups excluding carboxylic acids is 4. The minimum Gasteiger partial charge on any atom is -0.382 e. The molecule has 2 atom stereocenters. The minimum atomic E-state index is -0.396. The standard InChI is InChI=1S/C59H83N7O12/c1-5-65(6-2)49-19-20-53(51(44-49)54-43-47(21-22-60-54)57(68)62-52-17-10-13-45-12-7-8-16-50(45)52)63-56(67)46-14-9-15-48(42-46)59(70)64(3)25-26-66-24-11-18-55(66)58(69)61-23-27-72-30-31-74-34-35-76-38-39-78-41-40-77-37-36-75-33-32-73-29-28-71-4/h7-9,12,14-16,19-22,42-44,52,55H,5-6,10-11,13,17-18,23-41H2,1-4H3,(H,61,69)(H,62,68)(H,63,67)/t52?,55-/m0/s1. The average molecular weight is 1080 g/mol. The van der Waals surface area contributed by atoms with E-state index < -0.39 is 5.91 Å². The van der Waals surface area contributed by atoms with Crippen LogP contribution >= 0.6 is 0 Å². The minimum absolute atomic E-state index is 0.0594. The Labute approximate surface area is 460 Å². The predicted octanol–water partition coefficient (Wildman–Crippen LogP) is 6.07.